The van der Waals surface area contributed by atoms with Crippen molar-refractivity contribution in [2.75, 3.05) is 6.26 Å². The van der Waals surface area contributed by atoms with Crippen molar-refractivity contribution in [3.63, 3.8) is 0 Å². The lowest BCUT2D eigenvalue weighted by Crippen LogP contribution is -2.43. The first-order valence-electron chi connectivity index (χ1n) is 10.7. The highest BCUT2D eigenvalue weighted by Crippen LogP contribution is 2.32. The number of nitrogens with one attached hydrogen (secondary N) is 1. The predicted molar refractivity (Wildman–Crippen MR) is 119 cm³/mol. The Morgan fingerprint density at radius 1 is 1.23 bits per heavy atom. The third-order valence-corrected chi connectivity index (χ3v) is 6.57. The lowest BCUT2D eigenvalue weighted by Gasteiger charge is -2.34. The van der Waals surface area contributed by atoms with Gasteiger partial charge in [-0.2, -0.15) is 0 Å². The third-order valence-electron chi connectivity index (χ3n) is 5.83. The van der Waals surface area contributed by atoms with Crippen LogP contribution in [0.25, 0.3) is 0 Å². The number of hydrogen-bond donors (Lipinski definition) is 2. The zero-order valence-corrected chi connectivity index (χ0v) is 19.2. The summed E-state index contributed by atoms with van der Waals surface area (Å²) in [5, 5.41) is 25.8. The van der Waals surface area contributed by atoms with Gasteiger partial charge in [-0.05, 0) is 73.9 Å². The largest absolute Gasteiger partial charge is 0.481 e. The molecule has 1 aliphatic rings. The summed E-state index contributed by atoms with van der Waals surface area (Å²) < 4.78 is 1.84. The standard InChI is InChI=1S/C22H33N5O2S/c1-22(2,3)27-21(24-25-26-27)20(16-10-12-17(30-4)13-11-16)23-18(14-19(28)29)15-8-6-5-7-9-15/h10-13,15,18,20,23H,5-9,14H2,1-4H3,(H,28,29). The van der Waals surface area contributed by atoms with Gasteiger partial charge >= 0.3 is 5.97 Å². The molecule has 0 bridgehead atoms. The van der Waals surface area contributed by atoms with Gasteiger partial charge < -0.3 is 5.11 Å². The van der Waals surface area contributed by atoms with Crippen LogP contribution in [0.2, 0.25) is 0 Å². The minimum Gasteiger partial charge on any atom is -0.481 e. The molecule has 7 nitrogen and oxygen atoms in total. The Labute approximate surface area is 183 Å². The van der Waals surface area contributed by atoms with Crippen LogP contribution in [-0.4, -0.2) is 43.6 Å². The smallest absolute Gasteiger partial charge is 0.304 e. The Morgan fingerprint density at radius 2 is 1.90 bits per heavy atom. The molecule has 2 N–H and O–H groups in total. The van der Waals surface area contributed by atoms with Crippen LogP contribution in [0.3, 0.4) is 0 Å². The minimum atomic E-state index is -0.773. The van der Waals surface area contributed by atoms with Gasteiger partial charge in [0.25, 0.3) is 0 Å². The highest BCUT2D eigenvalue weighted by atomic mass is 32.2. The van der Waals surface area contributed by atoms with Gasteiger partial charge in [-0.1, -0.05) is 31.4 Å². The zero-order chi connectivity index (χ0) is 21.7. The molecule has 164 valence electrons. The highest BCUT2D eigenvalue weighted by molar-refractivity contribution is 7.98. The maximum Gasteiger partial charge on any atom is 0.304 e. The molecule has 1 aliphatic carbocycles. The van der Waals surface area contributed by atoms with Gasteiger partial charge in [-0.3, -0.25) is 10.1 Å². The molecule has 1 heterocycles. The molecule has 2 atom stereocenters. The molecule has 0 aliphatic heterocycles. The quantitative estimate of drug-likeness (QED) is 0.604. The molecular weight excluding hydrogens is 398 g/mol. The normalized spacial score (nSPS) is 17.6. The van der Waals surface area contributed by atoms with Crippen molar-refractivity contribution in [2.45, 2.75) is 81.8 Å². The number of tetrazole rings is 1. The molecule has 0 saturated heterocycles. The monoisotopic (exact) mass is 431 g/mol. The van der Waals surface area contributed by atoms with E-state index in [9.17, 15) is 9.90 Å². The Morgan fingerprint density at radius 3 is 2.47 bits per heavy atom. The van der Waals surface area contributed by atoms with Crippen molar-refractivity contribution < 1.29 is 9.90 Å². The number of rotatable bonds is 8. The molecule has 1 fully saturated rings. The second-order valence-electron chi connectivity index (χ2n) is 9.09. The van der Waals surface area contributed by atoms with Crippen LogP contribution in [0.1, 0.15) is 76.7 Å². The van der Waals surface area contributed by atoms with E-state index in [2.05, 4.69) is 72.1 Å². The van der Waals surface area contributed by atoms with Crippen LogP contribution in [0.15, 0.2) is 29.2 Å². The van der Waals surface area contributed by atoms with Gasteiger partial charge in [0.15, 0.2) is 5.82 Å². The SMILES string of the molecule is CSc1ccc(C(NC(CC(=O)O)C2CCCCC2)c2nnnn2C(C)(C)C)cc1. The van der Waals surface area contributed by atoms with E-state index in [-0.39, 0.29) is 24.0 Å². The summed E-state index contributed by atoms with van der Waals surface area (Å²) in [4.78, 5) is 12.9. The lowest BCUT2D eigenvalue weighted by atomic mass is 9.82. The van der Waals surface area contributed by atoms with E-state index in [1.54, 1.807) is 11.8 Å². The molecule has 1 aromatic heterocycles. The average molecular weight is 432 g/mol. The molecule has 0 radical (unpaired) electrons. The van der Waals surface area contributed by atoms with Crippen molar-refractivity contribution in [1.82, 2.24) is 25.5 Å². The fourth-order valence-electron chi connectivity index (χ4n) is 4.27. The summed E-state index contributed by atoms with van der Waals surface area (Å²) in [6, 6.07) is 7.95. The van der Waals surface area contributed by atoms with Crippen molar-refractivity contribution in [2.24, 2.45) is 5.92 Å². The molecule has 2 aromatic rings. The number of aliphatic carboxylic acids is 1. The van der Waals surface area contributed by atoms with Crippen LogP contribution >= 0.6 is 11.8 Å². The molecule has 8 heteroatoms. The number of carboxylic acids is 1. The number of carboxylic acid groups (broad SMARTS) is 1. The molecule has 2 unspecified atom stereocenters. The lowest BCUT2D eigenvalue weighted by molar-refractivity contribution is -0.138. The zero-order valence-electron chi connectivity index (χ0n) is 18.3. The van der Waals surface area contributed by atoms with Crippen molar-refractivity contribution in [1.29, 1.82) is 0 Å². The Bertz CT molecular complexity index is 825. The van der Waals surface area contributed by atoms with E-state index in [1.807, 2.05) is 4.68 Å². The molecule has 0 amide bonds. The van der Waals surface area contributed by atoms with Crippen LogP contribution in [-0.2, 0) is 10.3 Å². The Hall–Kier alpha value is -1.93. The van der Waals surface area contributed by atoms with E-state index >= 15 is 0 Å². The Kier molecular flexibility index (Phi) is 7.52. The van der Waals surface area contributed by atoms with Crippen molar-refractivity contribution in [3.8, 4) is 0 Å². The highest BCUT2D eigenvalue weighted by Gasteiger charge is 2.32. The van der Waals surface area contributed by atoms with E-state index in [4.69, 9.17) is 0 Å². The van der Waals surface area contributed by atoms with Crippen LogP contribution < -0.4 is 5.32 Å². The van der Waals surface area contributed by atoms with Gasteiger partial charge in [0.05, 0.1) is 18.0 Å². The summed E-state index contributed by atoms with van der Waals surface area (Å²) in [5.74, 6) is 0.289. The van der Waals surface area contributed by atoms with Crippen LogP contribution in [0.5, 0.6) is 0 Å². The number of hydrogen-bond acceptors (Lipinski definition) is 6. The van der Waals surface area contributed by atoms with E-state index < -0.39 is 5.97 Å². The van der Waals surface area contributed by atoms with Crippen molar-refractivity contribution >= 4 is 17.7 Å². The van der Waals surface area contributed by atoms with Gasteiger partial charge in [0, 0.05) is 10.9 Å². The summed E-state index contributed by atoms with van der Waals surface area (Å²) in [7, 11) is 0. The maximum absolute atomic E-state index is 11.7. The number of carbonyl (C=O) groups is 1. The minimum absolute atomic E-state index is 0.0984. The van der Waals surface area contributed by atoms with Gasteiger partial charge in [-0.25, -0.2) is 4.68 Å². The number of aromatic nitrogens is 4. The molecule has 0 spiro atoms. The summed E-state index contributed by atoms with van der Waals surface area (Å²) >= 11 is 1.70. The molecule has 30 heavy (non-hydrogen) atoms. The average Bonchev–Trinajstić information content (AvgIpc) is 3.22. The summed E-state index contributed by atoms with van der Waals surface area (Å²) in [5.41, 5.74) is 0.754. The second kappa shape index (κ2) is 9.92. The number of nitrogens with zero attached hydrogens (tertiary/aromatic N) is 4. The second-order valence-corrected chi connectivity index (χ2v) is 9.97. The molecular formula is C22H33N5O2S. The first-order chi connectivity index (χ1) is 14.3. The van der Waals surface area contributed by atoms with Gasteiger partial charge in [0.1, 0.15) is 0 Å². The Balaban J connectivity index is 1.99. The fraction of sp³-hybridized carbons (Fsp3) is 0.636. The van der Waals surface area contributed by atoms with E-state index in [0.717, 1.165) is 31.2 Å². The predicted octanol–water partition coefficient (Wildman–Crippen LogP) is 4.25. The molecule has 1 aromatic carbocycles. The summed E-state index contributed by atoms with van der Waals surface area (Å²) in [6.07, 6.45) is 7.83. The summed E-state index contributed by atoms with van der Waals surface area (Å²) in [6.45, 7) is 6.20. The van der Waals surface area contributed by atoms with Crippen LogP contribution in [0.4, 0.5) is 0 Å². The maximum atomic E-state index is 11.7. The number of benzene rings is 1. The first kappa shape index (κ1) is 22.7. The topological polar surface area (TPSA) is 92.9 Å². The molecule has 3 rings (SSSR count). The third kappa shape index (κ3) is 5.60. The van der Waals surface area contributed by atoms with E-state index in [0.29, 0.717) is 11.7 Å². The van der Waals surface area contributed by atoms with Crippen molar-refractivity contribution in [3.05, 3.63) is 35.7 Å². The van der Waals surface area contributed by atoms with Gasteiger partial charge in [0.2, 0.25) is 0 Å². The number of thioether (sulfide) groups is 1. The fourth-order valence-corrected chi connectivity index (χ4v) is 4.68. The first-order valence-corrected chi connectivity index (χ1v) is 11.9. The van der Waals surface area contributed by atoms with E-state index in [1.165, 1.54) is 11.3 Å². The van der Waals surface area contributed by atoms with Crippen LogP contribution in [0, 0.1) is 5.92 Å². The molecule has 1 saturated carbocycles. The van der Waals surface area contributed by atoms with Gasteiger partial charge in [-0.15, -0.1) is 16.9 Å².